The maximum Gasteiger partial charge on any atom is 0.306 e. The van der Waals surface area contributed by atoms with Crippen molar-refractivity contribution in [2.24, 2.45) is 0 Å². The number of nitrogens with zero attached hydrogens (tertiary/aromatic N) is 1. The summed E-state index contributed by atoms with van der Waals surface area (Å²) in [6.07, 6.45) is -1.88. The van der Waals surface area contributed by atoms with E-state index in [0.717, 1.165) is 0 Å². The van der Waals surface area contributed by atoms with Crippen LogP contribution in [0, 0.1) is 0 Å². The van der Waals surface area contributed by atoms with Crippen molar-refractivity contribution in [2.75, 3.05) is 27.5 Å². The number of carbonyl (C=O) groups is 2. The average molecular weight is 254 g/mol. The summed E-state index contributed by atoms with van der Waals surface area (Å²) in [4.78, 5) is 22.7. The summed E-state index contributed by atoms with van der Waals surface area (Å²) in [5, 5.41) is 10.9. The molecule has 0 N–H and O–H groups in total. The molecule has 0 aliphatic rings. The maximum atomic E-state index is 11.8. The van der Waals surface area contributed by atoms with E-state index in [1.54, 1.807) is 6.92 Å². The summed E-state index contributed by atoms with van der Waals surface area (Å²) in [6, 6.07) is 0. The summed E-state index contributed by atoms with van der Waals surface area (Å²) in [6.45, 7) is -10.1. The van der Waals surface area contributed by atoms with Crippen LogP contribution in [-0.4, -0.2) is 50.0 Å². The minimum atomic E-state index is -3.56. The number of hydrogen-bond donors (Lipinski definition) is 0. The third-order valence-corrected chi connectivity index (χ3v) is 1.90. The van der Waals surface area contributed by atoms with Gasteiger partial charge in [-0.05, 0) is 6.42 Å². The zero-order valence-corrected chi connectivity index (χ0v) is 9.69. The van der Waals surface area contributed by atoms with E-state index in [1.165, 1.54) is 0 Å². The number of quaternary nitrogens is 1. The lowest BCUT2D eigenvalue weighted by atomic mass is 10.2. The van der Waals surface area contributed by atoms with Crippen molar-refractivity contribution in [1.29, 1.82) is 0 Å². The van der Waals surface area contributed by atoms with Crippen molar-refractivity contribution in [3.05, 3.63) is 0 Å². The molecule has 0 aromatic heterocycles. The Morgan fingerprint density at radius 3 is 2.53 bits per heavy atom. The highest BCUT2D eigenvalue weighted by Crippen LogP contribution is 2.07. The summed E-state index contributed by atoms with van der Waals surface area (Å²) in [5.41, 5.74) is 0. The third-order valence-electron chi connectivity index (χ3n) is 1.90. The Morgan fingerprint density at radius 1 is 1.41 bits per heavy atom. The van der Waals surface area contributed by atoms with Crippen LogP contribution in [0.5, 0.6) is 0 Å². The molecule has 0 spiro atoms. The van der Waals surface area contributed by atoms with Crippen LogP contribution >= 0.6 is 0 Å². The lowest BCUT2D eigenvalue weighted by Gasteiger charge is -2.29. The molecule has 0 heterocycles. The van der Waals surface area contributed by atoms with E-state index in [2.05, 4.69) is 0 Å². The van der Waals surface area contributed by atoms with E-state index in [4.69, 9.17) is 17.1 Å². The second-order valence-corrected chi connectivity index (χ2v) is 3.78. The predicted molar refractivity (Wildman–Crippen MR) is 61.9 cm³/mol. The molecule has 0 aromatic carbocycles. The molecule has 0 aliphatic carbocycles. The molecule has 0 aliphatic heterocycles. The highest BCUT2D eigenvalue weighted by atomic mass is 16.5. The molecule has 100 valence electrons. The molecule has 0 fully saturated rings. The first kappa shape index (κ1) is 6.18. The van der Waals surface area contributed by atoms with Crippen molar-refractivity contribution < 1.29 is 36.3 Å². The van der Waals surface area contributed by atoms with Gasteiger partial charge >= 0.3 is 5.97 Å². The smallest absolute Gasteiger partial charge is 0.306 e. The Labute approximate surface area is 116 Å². The number of carboxylic acids is 1. The van der Waals surface area contributed by atoms with Gasteiger partial charge in [0.25, 0.3) is 0 Å². The molecule has 0 saturated carbocycles. The van der Waals surface area contributed by atoms with E-state index in [-0.39, 0.29) is 6.42 Å². The number of unbranched alkanes of at least 4 members (excludes halogenated alkanes) is 1. The minimum absolute atomic E-state index is 0.102. The molecule has 0 saturated heterocycles. The molecular weight excluding hydrogens is 222 g/mol. The number of likely N-dealkylation sites (N-methyl/N-ethyl adjacent to an activating group) is 1. The second-order valence-electron chi connectivity index (χ2n) is 3.78. The van der Waals surface area contributed by atoms with Crippen LogP contribution in [0.4, 0.5) is 0 Å². The quantitative estimate of drug-likeness (QED) is 0.449. The zero-order chi connectivity index (χ0) is 21.0. The van der Waals surface area contributed by atoms with Crippen LogP contribution in [0.25, 0.3) is 0 Å². The van der Waals surface area contributed by atoms with Gasteiger partial charge in [-0.25, -0.2) is 0 Å². The largest absolute Gasteiger partial charge is 0.550 e. The molecule has 0 bridgehead atoms. The van der Waals surface area contributed by atoms with E-state index < -0.39 is 56.4 Å². The number of ether oxygens (including phenoxy) is 1. The zero-order valence-electron chi connectivity index (χ0n) is 18.7. The van der Waals surface area contributed by atoms with E-state index in [1.807, 2.05) is 0 Å². The highest BCUT2D eigenvalue weighted by molar-refractivity contribution is 5.70. The van der Waals surface area contributed by atoms with Gasteiger partial charge in [-0.15, -0.1) is 0 Å². The topological polar surface area (TPSA) is 66.4 Å². The molecule has 17 heavy (non-hydrogen) atoms. The first-order valence-electron chi connectivity index (χ1n) is 9.77. The molecule has 0 radical (unpaired) electrons. The van der Waals surface area contributed by atoms with Crippen LogP contribution in [0.2, 0.25) is 0 Å². The number of esters is 1. The van der Waals surface area contributed by atoms with Gasteiger partial charge in [0.15, 0.2) is 6.10 Å². The molecule has 0 aromatic rings. The maximum absolute atomic E-state index is 11.8. The number of aliphatic carboxylic acids is 1. The minimum Gasteiger partial charge on any atom is -0.550 e. The van der Waals surface area contributed by atoms with Gasteiger partial charge in [-0.1, -0.05) is 13.3 Å². The fraction of sp³-hybridized carbons (Fsp3) is 0.833. The number of carbonyl (C=O) groups excluding carboxylic acids is 2. The molecule has 0 amide bonds. The fourth-order valence-corrected chi connectivity index (χ4v) is 1.20. The predicted octanol–water partition coefficient (Wildman–Crippen LogP) is -0.0654. The van der Waals surface area contributed by atoms with Crippen LogP contribution in [0.3, 0.4) is 0 Å². The summed E-state index contributed by atoms with van der Waals surface area (Å²) < 4.78 is 70.0. The van der Waals surface area contributed by atoms with Gasteiger partial charge in [-0.2, -0.15) is 0 Å². The third kappa shape index (κ3) is 9.81. The van der Waals surface area contributed by atoms with Crippen LogP contribution in [-0.2, 0) is 14.3 Å². The van der Waals surface area contributed by atoms with E-state index in [9.17, 15) is 14.7 Å². The molecule has 5 heteroatoms. The molecule has 0 rings (SSSR count). The van der Waals surface area contributed by atoms with E-state index >= 15 is 0 Å². The standard InChI is InChI=1S/C12H23NO4/c1-5-6-7-12(16)17-10(8-11(14)15)9-13(2,3)4/h10H,5-9H2,1-4H3/t10-/m1/s1/i2D3,3D3,4D3. The first-order valence-corrected chi connectivity index (χ1v) is 5.27. The van der Waals surface area contributed by atoms with Crippen LogP contribution in [0.1, 0.15) is 44.9 Å². The van der Waals surface area contributed by atoms with Gasteiger partial charge in [0.2, 0.25) is 0 Å². The molecule has 1 atom stereocenters. The van der Waals surface area contributed by atoms with Gasteiger partial charge in [0.05, 0.1) is 33.3 Å². The average Bonchev–Trinajstić information content (AvgIpc) is 2.37. The van der Waals surface area contributed by atoms with Crippen molar-refractivity contribution >= 4 is 11.9 Å². The van der Waals surface area contributed by atoms with Gasteiger partial charge in [0.1, 0.15) is 6.54 Å². The number of carboxylic acid groups (broad SMARTS) is 1. The van der Waals surface area contributed by atoms with Crippen molar-refractivity contribution in [3.63, 3.8) is 0 Å². The summed E-state index contributed by atoms with van der Waals surface area (Å²) >= 11 is 0. The SMILES string of the molecule is [2H]C([2H])([2H])[N+](C[C@@H](CC(=O)[O-])OC(=O)CCCC)(C([2H])([2H])[2H])C([2H])([2H])[2H]. The van der Waals surface area contributed by atoms with E-state index in [0.29, 0.717) is 12.8 Å². The number of hydrogen-bond acceptors (Lipinski definition) is 4. The Morgan fingerprint density at radius 2 is 2.06 bits per heavy atom. The van der Waals surface area contributed by atoms with Crippen LogP contribution < -0.4 is 5.11 Å². The lowest BCUT2D eigenvalue weighted by molar-refractivity contribution is -0.873. The number of rotatable bonds is 8. The fourth-order valence-electron chi connectivity index (χ4n) is 1.20. The Balaban J connectivity index is 5.99. The Bertz CT molecular complexity index is 462. The second kappa shape index (κ2) is 7.27. The van der Waals surface area contributed by atoms with Crippen molar-refractivity contribution in [1.82, 2.24) is 0 Å². The molecule has 0 unspecified atom stereocenters. The monoisotopic (exact) mass is 254 g/mol. The Kier molecular flexibility index (Phi) is 2.64. The van der Waals surface area contributed by atoms with Gasteiger partial charge < -0.3 is 19.1 Å². The molecular formula is C12H23NO4. The first-order chi connectivity index (χ1) is 11.5. The lowest BCUT2D eigenvalue weighted by Crippen LogP contribution is -2.45. The van der Waals surface area contributed by atoms with Crippen molar-refractivity contribution in [2.45, 2.75) is 38.7 Å². The molecule has 5 nitrogen and oxygen atoms in total. The van der Waals surface area contributed by atoms with Crippen molar-refractivity contribution in [3.8, 4) is 0 Å². The van der Waals surface area contributed by atoms with Gasteiger partial charge in [-0.3, -0.25) is 4.79 Å². The summed E-state index contributed by atoms with van der Waals surface area (Å²) in [7, 11) is 0. The normalized spacial score (nSPS) is 23.2. The highest BCUT2D eigenvalue weighted by Gasteiger charge is 2.22. The van der Waals surface area contributed by atoms with Crippen LogP contribution in [0.15, 0.2) is 0 Å². The Hall–Kier alpha value is -1.10. The summed E-state index contributed by atoms with van der Waals surface area (Å²) in [5.74, 6) is -2.61. The van der Waals surface area contributed by atoms with Gasteiger partial charge in [0, 0.05) is 18.8 Å².